The van der Waals surface area contributed by atoms with Crippen molar-refractivity contribution >= 4 is 0 Å². The highest BCUT2D eigenvalue weighted by molar-refractivity contribution is 5.33. The van der Waals surface area contributed by atoms with Gasteiger partial charge in [-0.1, -0.05) is 12.1 Å². The lowest BCUT2D eigenvalue weighted by Crippen LogP contribution is -2.18. The normalized spacial score (nSPS) is 11.9. The van der Waals surface area contributed by atoms with Gasteiger partial charge >= 0.3 is 0 Å². The van der Waals surface area contributed by atoms with Crippen molar-refractivity contribution in [3.63, 3.8) is 0 Å². The Bertz CT molecular complexity index is 503. The van der Waals surface area contributed by atoms with Gasteiger partial charge in [-0.3, -0.25) is 4.98 Å². The molecule has 100 valence electrons. The molecule has 1 unspecified atom stereocenters. The summed E-state index contributed by atoms with van der Waals surface area (Å²) in [5.41, 5.74) is 6.73. The van der Waals surface area contributed by atoms with Crippen LogP contribution in [0.5, 0.6) is 11.5 Å². The van der Waals surface area contributed by atoms with E-state index in [0.717, 1.165) is 17.1 Å². The Balaban J connectivity index is 2.12. The molecular weight excluding hydrogens is 240 g/mol. The van der Waals surface area contributed by atoms with Gasteiger partial charge in [0.15, 0.2) is 0 Å². The second-order valence-electron chi connectivity index (χ2n) is 4.04. The fourth-order valence-corrected chi connectivity index (χ4v) is 1.79. The number of nitrogens with two attached hydrogens (primary N) is 1. The Kier molecular flexibility index (Phi) is 4.75. The van der Waals surface area contributed by atoms with Crippen molar-refractivity contribution < 1.29 is 9.47 Å². The van der Waals surface area contributed by atoms with Gasteiger partial charge in [-0.25, -0.2) is 0 Å². The Morgan fingerprint density at radius 1 is 1.21 bits per heavy atom. The second-order valence-corrected chi connectivity index (χ2v) is 4.04. The second kappa shape index (κ2) is 6.75. The SMILES string of the molecule is CCOc1cccc(OC(CN)c2cccnc2)c1. The van der Waals surface area contributed by atoms with Gasteiger partial charge in [-0.15, -0.1) is 0 Å². The van der Waals surface area contributed by atoms with Crippen LogP contribution in [0.2, 0.25) is 0 Å². The number of hydrogen-bond acceptors (Lipinski definition) is 4. The molecule has 1 aromatic carbocycles. The number of nitrogens with zero attached hydrogens (tertiary/aromatic N) is 1. The molecule has 1 atom stereocenters. The molecule has 0 aliphatic carbocycles. The van der Waals surface area contributed by atoms with Gasteiger partial charge in [0, 0.05) is 30.6 Å². The molecule has 0 spiro atoms. The molecule has 4 heteroatoms. The van der Waals surface area contributed by atoms with E-state index in [-0.39, 0.29) is 6.10 Å². The number of rotatable bonds is 6. The van der Waals surface area contributed by atoms with E-state index in [9.17, 15) is 0 Å². The van der Waals surface area contributed by atoms with E-state index in [2.05, 4.69) is 4.98 Å². The largest absolute Gasteiger partial charge is 0.494 e. The van der Waals surface area contributed by atoms with Gasteiger partial charge in [0.2, 0.25) is 0 Å². The highest BCUT2D eigenvalue weighted by atomic mass is 16.5. The Hall–Kier alpha value is -2.07. The van der Waals surface area contributed by atoms with E-state index < -0.39 is 0 Å². The van der Waals surface area contributed by atoms with Gasteiger partial charge in [-0.2, -0.15) is 0 Å². The van der Waals surface area contributed by atoms with Crippen molar-refractivity contribution in [1.82, 2.24) is 4.98 Å². The van der Waals surface area contributed by atoms with Crippen molar-refractivity contribution in [2.24, 2.45) is 5.73 Å². The van der Waals surface area contributed by atoms with Crippen molar-refractivity contribution in [2.45, 2.75) is 13.0 Å². The third-order valence-electron chi connectivity index (χ3n) is 2.67. The van der Waals surface area contributed by atoms with Crippen LogP contribution in [0.1, 0.15) is 18.6 Å². The fraction of sp³-hybridized carbons (Fsp3) is 0.267. The number of ether oxygens (including phenoxy) is 2. The molecular formula is C15H18N2O2. The molecule has 1 heterocycles. The summed E-state index contributed by atoms with van der Waals surface area (Å²) >= 11 is 0. The minimum Gasteiger partial charge on any atom is -0.494 e. The lowest BCUT2D eigenvalue weighted by molar-refractivity contribution is 0.212. The van der Waals surface area contributed by atoms with Crippen LogP contribution in [0.25, 0.3) is 0 Å². The molecule has 2 aromatic rings. The Morgan fingerprint density at radius 2 is 2.05 bits per heavy atom. The summed E-state index contributed by atoms with van der Waals surface area (Å²) in [6, 6.07) is 11.4. The highest BCUT2D eigenvalue weighted by Gasteiger charge is 2.11. The topological polar surface area (TPSA) is 57.4 Å². The fourth-order valence-electron chi connectivity index (χ4n) is 1.79. The molecule has 0 saturated carbocycles. The van der Waals surface area contributed by atoms with Crippen LogP contribution in [0.4, 0.5) is 0 Å². The minimum atomic E-state index is -0.203. The molecule has 0 amide bonds. The maximum absolute atomic E-state index is 5.89. The monoisotopic (exact) mass is 258 g/mol. The summed E-state index contributed by atoms with van der Waals surface area (Å²) in [7, 11) is 0. The van der Waals surface area contributed by atoms with Crippen LogP contribution in [0.3, 0.4) is 0 Å². The van der Waals surface area contributed by atoms with E-state index in [1.165, 1.54) is 0 Å². The molecule has 2 rings (SSSR count). The molecule has 0 aliphatic rings. The Morgan fingerprint density at radius 3 is 2.74 bits per heavy atom. The summed E-state index contributed by atoms with van der Waals surface area (Å²) in [6.45, 7) is 2.97. The first kappa shape index (κ1) is 13.4. The van der Waals surface area contributed by atoms with Gasteiger partial charge in [0.25, 0.3) is 0 Å². The smallest absolute Gasteiger partial charge is 0.137 e. The highest BCUT2D eigenvalue weighted by Crippen LogP contribution is 2.24. The van der Waals surface area contributed by atoms with Crippen LogP contribution in [0.15, 0.2) is 48.8 Å². The molecule has 19 heavy (non-hydrogen) atoms. The molecule has 0 aliphatic heterocycles. The van der Waals surface area contributed by atoms with Crippen LogP contribution in [-0.4, -0.2) is 18.1 Å². The van der Waals surface area contributed by atoms with E-state index in [4.69, 9.17) is 15.2 Å². The number of pyridine rings is 1. The zero-order valence-electron chi connectivity index (χ0n) is 11.0. The molecule has 0 bridgehead atoms. The third kappa shape index (κ3) is 3.69. The van der Waals surface area contributed by atoms with E-state index in [0.29, 0.717) is 13.2 Å². The molecule has 1 aromatic heterocycles. The van der Waals surface area contributed by atoms with Crippen molar-refractivity contribution in [2.75, 3.05) is 13.2 Å². The first-order chi connectivity index (χ1) is 9.33. The van der Waals surface area contributed by atoms with Crippen molar-refractivity contribution in [3.8, 4) is 11.5 Å². The van der Waals surface area contributed by atoms with Gasteiger partial charge < -0.3 is 15.2 Å². The summed E-state index contributed by atoms with van der Waals surface area (Å²) < 4.78 is 11.3. The molecule has 0 radical (unpaired) electrons. The zero-order valence-corrected chi connectivity index (χ0v) is 11.0. The standard InChI is InChI=1S/C15H18N2O2/c1-2-18-13-6-3-7-14(9-13)19-15(10-16)12-5-4-8-17-11-12/h3-9,11,15H,2,10,16H2,1H3. The first-order valence-corrected chi connectivity index (χ1v) is 6.33. The first-order valence-electron chi connectivity index (χ1n) is 6.33. The minimum absolute atomic E-state index is 0.203. The predicted octanol–water partition coefficient (Wildman–Crippen LogP) is 2.56. The zero-order chi connectivity index (χ0) is 13.5. The summed E-state index contributed by atoms with van der Waals surface area (Å²) in [5.74, 6) is 1.53. The van der Waals surface area contributed by atoms with Crippen molar-refractivity contribution in [3.05, 3.63) is 54.4 Å². The number of hydrogen-bond donors (Lipinski definition) is 1. The van der Waals surface area contributed by atoms with Crippen LogP contribution >= 0.6 is 0 Å². The third-order valence-corrected chi connectivity index (χ3v) is 2.67. The molecule has 4 nitrogen and oxygen atoms in total. The summed E-state index contributed by atoms with van der Waals surface area (Å²) in [6.07, 6.45) is 3.29. The maximum atomic E-state index is 5.89. The van der Waals surface area contributed by atoms with E-state index in [1.54, 1.807) is 12.4 Å². The van der Waals surface area contributed by atoms with E-state index >= 15 is 0 Å². The van der Waals surface area contributed by atoms with Gasteiger partial charge in [0.1, 0.15) is 17.6 Å². The number of benzene rings is 1. The average Bonchev–Trinajstić information content (AvgIpc) is 2.46. The number of aromatic nitrogens is 1. The molecule has 2 N–H and O–H groups in total. The Labute approximate surface area is 113 Å². The predicted molar refractivity (Wildman–Crippen MR) is 74.3 cm³/mol. The van der Waals surface area contributed by atoms with Crippen molar-refractivity contribution in [1.29, 1.82) is 0 Å². The maximum Gasteiger partial charge on any atom is 0.137 e. The summed E-state index contributed by atoms with van der Waals surface area (Å²) in [4.78, 5) is 4.08. The lowest BCUT2D eigenvalue weighted by atomic mass is 10.1. The van der Waals surface area contributed by atoms with Gasteiger partial charge in [0.05, 0.1) is 6.61 Å². The molecule has 0 fully saturated rings. The van der Waals surface area contributed by atoms with Crippen LogP contribution in [-0.2, 0) is 0 Å². The molecule has 0 saturated heterocycles. The lowest BCUT2D eigenvalue weighted by Gasteiger charge is -2.18. The van der Waals surface area contributed by atoms with Crippen LogP contribution in [0, 0.1) is 0 Å². The van der Waals surface area contributed by atoms with E-state index in [1.807, 2.05) is 43.3 Å². The van der Waals surface area contributed by atoms with Crippen LogP contribution < -0.4 is 15.2 Å². The summed E-state index contributed by atoms with van der Waals surface area (Å²) in [5, 5.41) is 0. The quantitative estimate of drug-likeness (QED) is 0.865. The van der Waals surface area contributed by atoms with Gasteiger partial charge in [-0.05, 0) is 25.1 Å². The average molecular weight is 258 g/mol.